The lowest BCUT2D eigenvalue weighted by molar-refractivity contribution is -0.121. The van der Waals surface area contributed by atoms with Gasteiger partial charge >= 0.3 is 6.03 Å². The molecule has 2 rings (SSSR count). The lowest BCUT2D eigenvalue weighted by Gasteiger charge is -2.16. The molecule has 2 fully saturated rings. The second kappa shape index (κ2) is 9.40. The molecule has 0 aliphatic carbocycles. The summed E-state index contributed by atoms with van der Waals surface area (Å²) in [5, 5.41) is 9.49. The van der Waals surface area contributed by atoms with Crippen LogP contribution in [0.1, 0.15) is 58.8 Å². The Balaban J connectivity index is 1.47. The molecule has 2 aliphatic rings. The maximum absolute atomic E-state index is 11.8. The minimum Gasteiger partial charge on any atom is -0.356 e. The van der Waals surface area contributed by atoms with E-state index in [1.807, 2.05) is 11.8 Å². The quantitative estimate of drug-likeness (QED) is 0.423. The highest BCUT2D eigenvalue weighted by atomic mass is 32.2. The molecule has 0 aromatic heterocycles. The average Bonchev–Trinajstić information content (AvgIpc) is 3.02. The van der Waals surface area contributed by atoms with Crippen LogP contribution in [0.4, 0.5) is 4.79 Å². The molecule has 0 radical (unpaired) electrons. The molecule has 3 N–H and O–H groups in total. The number of unbranched alkanes of at least 4 members (excludes halogenated alkanes) is 2. The summed E-state index contributed by atoms with van der Waals surface area (Å²) in [6.45, 7) is 5.28. The van der Waals surface area contributed by atoms with Crippen molar-refractivity contribution in [3.63, 3.8) is 0 Å². The van der Waals surface area contributed by atoms with Gasteiger partial charge in [-0.1, -0.05) is 33.1 Å². The van der Waals surface area contributed by atoms with E-state index in [0.717, 1.165) is 43.9 Å². The third-order valence-corrected chi connectivity index (χ3v) is 6.12. The molecule has 3 amide bonds. The summed E-state index contributed by atoms with van der Waals surface area (Å²) in [5.74, 6) is 1.94. The van der Waals surface area contributed by atoms with E-state index in [4.69, 9.17) is 0 Å². The van der Waals surface area contributed by atoms with E-state index in [-0.39, 0.29) is 18.0 Å². The van der Waals surface area contributed by atoms with Gasteiger partial charge < -0.3 is 16.0 Å². The van der Waals surface area contributed by atoms with Crippen LogP contribution in [0.15, 0.2) is 0 Å². The number of nitrogens with one attached hydrogen (secondary N) is 3. The summed E-state index contributed by atoms with van der Waals surface area (Å²) < 4.78 is 0. The maximum atomic E-state index is 11.8. The Bertz CT molecular complexity index is 403. The summed E-state index contributed by atoms with van der Waals surface area (Å²) in [6.07, 6.45) is 7.21. The van der Waals surface area contributed by atoms with E-state index in [1.54, 1.807) is 0 Å². The van der Waals surface area contributed by atoms with Crippen molar-refractivity contribution in [2.24, 2.45) is 5.92 Å². The topological polar surface area (TPSA) is 70.2 Å². The Morgan fingerprint density at radius 3 is 2.87 bits per heavy atom. The maximum Gasteiger partial charge on any atom is 0.315 e. The highest BCUT2D eigenvalue weighted by Gasteiger charge is 2.42. The largest absolute Gasteiger partial charge is 0.356 e. The van der Waals surface area contributed by atoms with Crippen LogP contribution in [0.2, 0.25) is 0 Å². The first kappa shape index (κ1) is 18.4. The molecule has 6 heteroatoms. The molecule has 0 aromatic rings. The normalized spacial score (nSPS) is 26.0. The van der Waals surface area contributed by atoms with Crippen molar-refractivity contribution < 1.29 is 9.59 Å². The summed E-state index contributed by atoms with van der Waals surface area (Å²) in [6, 6.07) is 0.552. The van der Waals surface area contributed by atoms with Gasteiger partial charge in [0.05, 0.1) is 12.1 Å². The van der Waals surface area contributed by atoms with E-state index in [1.165, 1.54) is 12.8 Å². The van der Waals surface area contributed by atoms with Crippen LogP contribution in [0, 0.1) is 5.92 Å². The molecule has 5 nitrogen and oxygen atoms in total. The van der Waals surface area contributed by atoms with Gasteiger partial charge in [0.25, 0.3) is 0 Å². The van der Waals surface area contributed by atoms with Crippen LogP contribution in [-0.2, 0) is 4.79 Å². The molecule has 23 heavy (non-hydrogen) atoms. The SMILES string of the molecule is CC(C)CCCCNC(=O)CCCC[C@@H]1SC[C@@H]2NC(=O)N[C@@H]21. The van der Waals surface area contributed by atoms with E-state index in [2.05, 4.69) is 29.8 Å². The smallest absolute Gasteiger partial charge is 0.315 e. The van der Waals surface area contributed by atoms with E-state index >= 15 is 0 Å². The van der Waals surface area contributed by atoms with Crippen LogP contribution in [0.5, 0.6) is 0 Å². The van der Waals surface area contributed by atoms with Gasteiger partial charge in [-0.05, 0) is 25.2 Å². The van der Waals surface area contributed by atoms with Gasteiger partial charge in [-0.15, -0.1) is 0 Å². The Morgan fingerprint density at radius 1 is 1.26 bits per heavy atom. The number of fused-ring (bicyclic) bond motifs is 1. The summed E-state index contributed by atoms with van der Waals surface area (Å²) in [7, 11) is 0. The molecule has 0 spiro atoms. The third-order valence-electron chi connectivity index (χ3n) is 4.61. The first-order chi connectivity index (χ1) is 11.1. The zero-order valence-corrected chi connectivity index (χ0v) is 15.2. The first-order valence-corrected chi connectivity index (χ1v) is 10.1. The van der Waals surface area contributed by atoms with Crippen molar-refractivity contribution in [2.45, 2.75) is 76.1 Å². The van der Waals surface area contributed by atoms with Crippen LogP contribution in [0.3, 0.4) is 0 Å². The Labute approximate surface area is 144 Å². The van der Waals surface area contributed by atoms with Crippen molar-refractivity contribution >= 4 is 23.7 Å². The van der Waals surface area contributed by atoms with Crippen molar-refractivity contribution in [1.29, 1.82) is 0 Å². The van der Waals surface area contributed by atoms with Crippen LogP contribution in [-0.4, -0.2) is 41.6 Å². The first-order valence-electron chi connectivity index (χ1n) is 9.01. The molecule has 132 valence electrons. The fraction of sp³-hybridized carbons (Fsp3) is 0.882. The van der Waals surface area contributed by atoms with Crippen LogP contribution >= 0.6 is 11.8 Å². The third kappa shape index (κ3) is 6.24. The Kier molecular flexibility index (Phi) is 7.53. The molecule has 2 aliphatic heterocycles. The number of rotatable bonds is 10. The average molecular weight is 342 g/mol. The van der Waals surface area contributed by atoms with Gasteiger partial charge in [0.1, 0.15) is 0 Å². The second-order valence-electron chi connectivity index (χ2n) is 7.11. The zero-order chi connectivity index (χ0) is 16.7. The number of urea groups is 1. The summed E-state index contributed by atoms with van der Waals surface area (Å²) >= 11 is 1.94. The molecule has 0 bridgehead atoms. The van der Waals surface area contributed by atoms with E-state index < -0.39 is 0 Å². The molecule has 0 saturated carbocycles. The lowest BCUT2D eigenvalue weighted by atomic mass is 10.0. The number of hydrogen-bond acceptors (Lipinski definition) is 3. The molecule has 2 heterocycles. The van der Waals surface area contributed by atoms with Gasteiger partial charge in [0.2, 0.25) is 5.91 Å². The molecule has 3 atom stereocenters. The van der Waals surface area contributed by atoms with E-state index in [0.29, 0.717) is 17.7 Å². The van der Waals surface area contributed by atoms with Crippen LogP contribution < -0.4 is 16.0 Å². The highest BCUT2D eigenvalue weighted by molar-refractivity contribution is 8.00. The van der Waals surface area contributed by atoms with Gasteiger partial charge in [-0.3, -0.25) is 4.79 Å². The number of hydrogen-bond donors (Lipinski definition) is 3. The van der Waals surface area contributed by atoms with Crippen molar-refractivity contribution in [1.82, 2.24) is 16.0 Å². The highest BCUT2D eigenvalue weighted by Crippen LogP contribution is 2.33. The fourth-order valence-corrected chi connectivity index (χ4v) is 4.81. The standard InChI is InChI=1S/C17H31N3O2S/c1-12(2)7-5-6-10-18-15(21)9-4-3-8-14-16-13(11-23-14)19-17(22)20-16/h12-14,16H,3-11H2,1-2H3,(H,18,21)(H2,19,20,22)/t13-,14-,16-/m0/s1. The van der Waals surface area contributed by atoms with Gasteiger partial charge in [0, 0.05) is 24.0 Å². The summed E-state index contributed by atoms with van der Waals surface area (Å²) in [4.78, 5) is 23.1. The van der Waals surface area contributed by atoms with Gasteiger partial charge in [-0.25, -0.2) is 4.79 Å². The predicted molar refractivity (Wildman–Crippen MR) is 95.7 cm³/mol. The van der Waals surface area contributed by atoms with Crippen molar-refractivity contribution in [2.75, 3.05) is 12.3 Å². The molecular weight excluding hydrogens is 310 g/mol. The minimum atomic E-state index is -0.0258. The number of carbonyl (C=O) groups excluding carboxylic acids is 2. The van der Waals surface area contributed by atoms with Crippen molar-refractivity contribution in [3.05, 3.63) is 0 Å². The zero-order valence-electron chi connectivity index (χ0n) is 14.4. The fourth-order valence-electron chi connectivity index (χ4n) is 3.27. The number of thioether (sulfide) groups is 1. The van der Waals surface area contributed by atoms with Crippen LogP contribution in [0.25, 0.3) is 0 Å². The monoisotopic (exact) mass is 341 g/mol. The van der Waals surface area contributed by atoms with Gasteiger partial charge in [-0.2, -0.15) is 11.8 Å². The molecule has 2 saturated heterocycles. The minimum absolute atomic E-state index is 0.0258. The van der Waals surface area contributed by atoms with Crippen molar-refractivity contribution in [3.8, 4) is 0 Å². The lowest BCUT2D eigenvalue weighted by Crippen LogP contribution is -2.36. The molecule has 0 aromatic carbocycles. The second-order valence-corrected chi connectivity index (χ2v) is 8.38. The molecule has 0 unspecified atom stereocenters. The Hall–Kier alpha value is -0.910. The van der Waals surface area contributed by atoms with Gasteiger partial charge in [0.15, 0.2) is 0 Å². The number of carbonyl (C=O) groups is 2. The summed E-state index contributed by atoms with van der Waals surface area (Å²) in [5.41, 5.74) is 0. The molecular formula is C17H31N3O2S. The Morgan fingerprint density at radius 2 is 2.09 bits per heavy atom. The number of amides is 3. The van der Waals surface area contributed by atoms with E-state index in [9.17, 15) is 9.59 Å². The predicted octanol–water partition coefficient (Wildman–Crippen LogP) is 2.65.